The van der Waals surface area contributed by atoms with Crippen molar-refractivity contribution < 1.29 is 9.47 Å². The molecule has 0 bridgehead atoms. The van der Waals surface area contributed by atoms with Crippen molar-refractivity contribution in [3.63, 3.8) is 0 Å². The van der Waals surface area contributed by atoms with Crippen LogP contribution in [0, 0.1) is 0 Å². The Morgan fingerprint density at radius 3 is 3.14 bits per heavy atom. The van der Waals surface area contributed by atoms with Crippen LogP contribution in [0.5, 0.6) is 5.75 Å². The molecule has 0 heterocycles. The molecule has 1 aromatic carbocycles. The van der Waals surface area contributed by atoms with Crippen molar-refractivity contribution in [1.29, 1.82) is 0 Å². The van der Waals surface area contributed by atoms with Gasteiger partial charge in [-0.15, -0.1) is 0 Å². The van der Waals surface area contributed by atoms with Crippen LogP contribution in [-0.4, -0.2) is 13.4 Å². The predicted octanol–water partition coefficient (Wildman–Crippen LogP) is 2.63. The largest absolute Gasteiger partial charge is 0.467 e. The molecule has 0 amide bonds. The number of hydrogen-bond donors (Lipinski definition) is 0. The van der Waals surface area contributed by atoms with Gasteiger partial charge in [-0.1, -0.05) is 24.3 Å². The number of benzene rings is 1. The second-order valence-electron chi connectivity index (χ2n) is 3.19. The monoisotopic (exact) mass is 190 g/mol. The molecule has 0 aliphatic heterocycles. The van der Waals surface area contributed by atoms with Crippen LogP contribution < -0.4 is 4.74 Å². The maximum atomic E-state index is 5.52. The van der Waals surface area contributed by atoms with E-state index in [9.17, 15) is 0 Å². The van der Waals surface area contributed by atoms with Crippen LogP contribution in [0.1, 0.15) is 18.1 Å². The van der Waals surface area contributed by atoms with E-state index in [0.29, 0.717) is 13.4 Å². The first-order valence-electron chi connectivity index (χ1n) is 4.91. The summed E-state index contributed by atoms with van der Waals surface area (Å²) in [5, 5.41) is 0. The Morgan fingerprint density at radius 2 is 2.29 bits per heavy atom. The molecular weight excluding hydrogens is 176 g/mol. The first-order valence-corrected chi connectivity index (χ1v) is 4.91. The first kappa shape index (κ1) is 9.28. The smallest absolute Gasteiger partial charge is 0.189 e. The summed E-state index contributed by atoms with van der Waals surface area (Å²) in [5.74, 6) is 0.921. The van der Waals surface area contributed by atoms with E-state index in [1.807, 2.05) is 19.1 Å². The highest BCUT2D eigenvalue weighted by Crippen LogP contribution is 2.28. The fraction of sp³-hybridized carbons (Fsp3) is 0.333. The average Bonchev–Trinajstić information content (AvgIpc) is 2.67. The van der Waals surface area contributed by atoms with Crippen LogP contribution in [-0.2, 0) is 11.2 Å². The van der Waals surface area contributed by atoms with Crippen molar-refractivity contribution in [1.82, 2.24) is 0 Å². The Balaban J connectivity index is 2.10. The van der Waals surface area contributed by atoms with Crippen molar-refractivity contribution in [3.8, 4) is 5.75 Å². The minimum Gasteiger partial charge on any atom is -0.467 e. The molecule has 74 valence electrons. The van der Waals surface area contributed by atoms with E-state index in [1.54, 1.807) is 0 Å². The summed E-state index contributed by atoms with van der Waals surface area (Å²) in [6, 6.07) is 6.13. The van der Waals surface area contributed by atoms with Gasteiger partial charge < -0.3 is 9.47 Å². The molecule has 0 fully saturated rings. The van der Waals surface area contributed by atoms with Crippen LogP contribution >= 0.6 is 0 Å². The van der Waals surface area contributed by atoms with Gasteiger partial charge in [0.05, 0.1) is 0 Å². The molecule has 0 radical (unpaired) electrons. The van der Waals surface area contributed by atoms with Crippen molar-refractivity contribution >= 4 is 6.08 Å². The third-order valence-electron chi connectivity index (χ3n) is 2.28. The van der Waals surface area contributed by atoms with Crippen LogP contribution in [0.15, 0.2) is 24.3 Å². The van der Waals surface area contributed by atoms with E-state index < -0.39 is 0 Å². The molecule has 0 spiro atoms. The summed E-state index contributed by atoms with van der Waals surface area (Å²) in [6.07, 6.45) is 5.27. The van der Waals surface area contributed by atoms with Crippen LogP contribution in [0.25, 0.3) is 6.08 Å². The van der Waals surface area contributed by atoms with Gasteiger partial charge in [-0.05, 0) is 25.0 Å². The molecule has 2 rings (SSSR count). The molecule has 1 aromatic rings. The number of ether oxygens (including phenoxy) is 2. The molecule has 1 aliphatic carbocycles. The maximum Gasteiger partial charge on any atom is 0.189 e. The quantitative estimate of drug-likeness (QED) is 0.536. The molecule has 2 nitrogen and oxygen atoms in total. The molecule has 0 saturated heterocycles. The van der Waals surface area contributed by atoms with Crippen molar-refractivity contribution in [2.24, 2.45) is 0 Å². The van der Waals surface area contributed by atoms with Gasteiger partial charge in [-0.25, -0.2) is 0 Å². The summed E-state index contributed by atoms with van der Waals surface area (Å²) >= 11 is 0. The summed E-state index contributed by atoms with van der Waals surface area (Å²) < 4.78 is 10.7. The lowest BCUT2D eigenvalue weighted by atomic mass is 10.1. The van der Waals surface area contributed by atoms with E-state index in [4.69, 9.17) is 9.47 Å². The second kappa shape index (κ2) is 4.29. The first-order chi connectivity index (χ1) is 6.92. The van der Waals surface area contributed by atoms with Gasteiger partial charge in [0.25, 0.3) is 0 Å². The lowest BCUT2D eigenvalue weighted by molar-refractivity contribution is 0.0223. The Labute approximate surface area is 84.2 Å². The number of rotatable bonds is 4. The van der Waals surface area contributed by atoms with Gasteiger partial charge in [0.15, 0.2) is 6.79 Å². The third-order valence-corrected chi connectivity index (χ3v) is 2.28. The second-order valence-corrected chi connectivity index (χ2v) is 3.19. The highest BCUT2D eigenvalue weighted by atomic mass is 16.7. The van der Waals surface area contributed by atoms with Gasteiger partial charge >= 0.3 is 0 Å². The lowest BCUT2D eigenvalue weighted by Gasteiger charge is -2.09. The zero-order valence-electron chi connectivity index (χ0n) is 8.32. The molecule has 0 unspecified atom stereocenters. The summed E-state index contributed by atoms with van der Waals surface area (Å²) in [5.41, 5.74) is 2.53. The molecular formula is C12H14O2. The van der Waals surface area contributed by atoms with Gasteiger partial charge in [-0.2, -0.15) is 0 Å². The summed E-state index contributed by atoms with van der Waals surface area (Å²) in [7, 11) is 0. The fourth-order valence-corrected chi connectivity index (χ4v) is 1.57. The third kappa shape index (κ3) is 1.80. The van der Waals surface area contributed by atoms with Gasteiger partial charge in [0, 0.05) is 12.2 Å². The summed E-state index contributed by atoms with van der Waals surface area (Å²) in [6.45, 7) is 2.98. The predicted molar refractivity (Wildman–Crippen MR) is 56.3 cm³/mol. The van der Waals surface area contributed by atoms with Gasteiger partial charge in [-0.3, -0.25) is 0 Å². The molecule has 1 aliphatic rings. The zero-order valence-corrected chi connectivity index (χ0v) is 8.32. The Bertz CT molecular complexity index is 342. The lowest BCUT2D eigenvalue weighted by Crippen LogP contribution is -2.03. The number of hydrogen-bond acceptors (Lipinski definition) is 2. The van der Waals surface area contributed by atoms with Crippen molar-refractivity contribution in [2.45, 2.75) is 13.3 Å². The SMILES string of the molecule is CCOCOc1cccc2c1C=CC2. The molecule has 0 aromatic heterocycles. The normalized spacial score (nSPS) is 12.9. The van der Waals surface area contributed by atoms with E-state index in [0.717, 1.165) is 12.2 Å². The Hall–Kier alpha value is -1.28. The zero-order chi connectivity index (χ0) is 9.80. The molecule has 0 saturated carbocycles. The Morgan fingerprint density at radius 1 is 1.36 bits per heavy atom. The standard InChI is InChI=1S/C12H14O2/c1-2-13-9-14-12-8-4-6-10-5-3-7-11(10)12/h3-4,6-8H,2,5,9H2,1H3. The van der Waals surface area contributed by atoms with Gasteiger partial charge in [0.2, 0.25) is 0 Å². The molecule has 0 N–H and O–H groups in total. The van der Waals surface area contributed by atoms with Crippen molar-refractivity contribution in [3.05, 3.63) is 35.4 Å². The van der Waals surface area contributed by atoms with E-state index in [2.05, 4.69) is 18.2 Å². The van der Waals surface area contributed by atoms with Crippen LogP contribution in [0.2, 0.25) is 0 Å². The minimum absolute atomic E-state index is 0.334. The molecule has 0 atom stereocenters. The van der Waals surface area contributed by atoms with Gasteiger partial charge in [0.1, 0.15) is 5.75 Å². The maximum absolute atomic E-state index is 5.52. The number of allylic oxidation sites excluding steroid dienone is 1. The summed E-state index contributed by atoms with van der Waals surface area (Å²) in [4.78, 5) is 0. The Kier molecular flexibility index (Phi) is 2.84. The molecule has 14 heavy (non-hydrogen) atoms. The van der Waals surface area contributed by atoms with E-state index in [1.165, 1.54) is 11.1 Å². The van der Waals surface area contributed by atoms with Crippen LogP contribution in [0.4, 0.5) is 0 Å². The highest BCUT2D eigenvalue weighted by Gasteiger charge is 2.09. The average molecular weight is 190 g/mol. The topological polar surface area (TPSA) is 18.5 Å². The number of fused-ring (bicyclic) bond motifs is 1. The fourth-order valence-electron chi connectivity index (χ4n) is 1.57. The minimum atomic E-state index is 0.334. The van der Waals surface area contributed by atoms with E-state index >= 15 is 0 Å². The highest BCUT2D eigenvalue weighted by molar-refractivity contribution is 5.65. The van der Waals surface area contributed by atoms with Crippen molar-refractivity contribution in [2.75, 3.05) is 13.4 Å². The van der Waals surface area contributed by atoms with E-state index in [-0.39, 0.29) is 0 Å². The molecule has 2 heteroatoms. The van der Waals surface area contributed by atoms with Crippen LogP contribution in [0.3, 0.4) is 0 Å².